The maximum Gasteiger partial charge on any atom is 0.228 e. The third kappa shape index (κ3) is 4.03. The van der Waals surface area contributed by atoms with Gasteiger partial charge in [0.25, 0.3) is 0 Å². The zero-order valence-electron chi connectivity index (χ0n) is 16.1. The van der Waals surface area contributed by atoms with Gasteiger partial charge in [0.2, 0.25) is 5.91 Å². The molecule has 2 aromatic heterocycles. The molecule has 0 saturated heterocycles. The van der Waals surface area contributed by atoms with Gasteiger partial charge in [-0.3, -0.25) is 9.78 Å². The van der Waals surface area contributed by atoms with Gasteiger partial charge in [-0.1, -0.05) is 6.07 Å². The molecule has 2 N–H and O–H groups in total. The number of pyridine rings is 1. The third-order valence-corrected chi connectivity index (χ3v) is 4.53. The van der Waals surface area contributed by atoms with Crippen LogP contribution in [0, 0.1) is 0 Å². The molecule has 0 saturated carbocycles. The Morgan fingerprint density at radius 1 is 1.00 bits per heavy atom. The zero-order chi connectivity index (χ0) is 20.2. The number of nitrogens with one attached hydrogen (secondary N) is 2. The number of hydrogen-bond acceptors (Lipinski definition) is 5. The van der Waals surface area contributed by atoms with E-state index in [1.807, 2.05) is 36.4 Å². The van der Waals surface area contributed by atoms with E-state index in [0.29, 0.717) is 17.2 Å². The highest BCUT2D eigenvalue weighted by Gasteiger charge is 2.10. The van der Waals surface area contributed by atoms with E-state index in [4.69, 9.17) is 9.47 Å². The number of rotatable bonds is 6. The van der Waals surface area contributed by atoms with Crippen LogP contribution in [0.3, 0.4) is 0 Å². The molecule has 146 valence electrons. The predicted octanol–water partition coefficient (Wildman–Crippen LogP) is 3.82. The summed E-state index contributed by atoms with van der Waals surface area (Å²) in [5, 5.41) is 2.93. The van der Waals surface area contributed by atoms with Gasteiger partial charge in [-0.15, -0.1) is 0 Å². The minimum Gasteiger partial charge on any atom is -0.493 e. The molecule has 0 bridgehead atoms. The maximum atomic E-state index is 12.5. The van der Waals surface area contributed by atoms with E-state index < -0.39 is 0 Å². The molecule has 29 heavy (non-hydrogen) atoms. The highest BCUT2D eigenvalue weighted by Crippen LogP contribution is 2.28. The van der Waals surface area contributed by atoms with E-state index in [0.717, 1.165) is 28.0 Å². The van der Waals surface area contributed by atoms with Crippen molar-refractivity contribution in [3.05, 3.63) is 66.5 Å². The topological polar surface area (TPSA) is 89.1 Å². The van der Waals surface area contributed by atoms with Gasteiger partial charge < -0.3 is 19.8 Å². The number of hydrogen-bond donors (Lipinski definition) is 2. The molecule has 0 unspecified atom stereocenters. The lowest BCUT2D eigenvalue weighted by atomic mass is 10.1. The molecule has 7 nitrogen and oxygen atoms in total. The highest BCUT2D eigenvalue weighted by atomic mass is 16.5. The Labute approximate surface area is 167 Å². The molecule has 2 aromatic carbocycles. The van der Waals surface area contributed by atoms with Crippen LogP contribution >= 0.6 is 0 Å². The molecule has 0 fully saturated rings. The van der Waals surface area contributed by atoms with Crippen molar-refractivity contribution in [3.63, 3.8) is 0 Å². The fraction of sp³-hybridized carbons (Fsp3) is 0.136. The van der Waals surface area contributed by atoms with E-state index in [-0.39, 0.29) is 12.3 Å². The standard InChI is InChI=1S/C22H20N4O3/c1-28-19-6-3-14(11-20(19)29-2)12-21(27)24-16-4-5-17-18(13-16)26-22(25-17)15-7-9-23-10-8-15/h3-11,13H,12H2,1-2H3,(H,24,27)(H,25,26). The average molecular weight is 388 g/mol. The second-order valence-electron chi connectivity index (χ2n) is 6.47. The van der Waals surface area contributed by atoms with Crippen LogP contribution in [0.4, 0.5) is 5.69 Å². The Balaban J connectivity index is 1.49. The average Bonchev–Trinajstić information content (AvgIpc) is 3.17. The molecular formula is C22H20N4O3. The number of ether oxygens (including phenoxy) is 2. The zero-order valence-corrected chi connectivity index (χ0v) is 16.1. The molecule has 0 aliphatic rings. The number of anilines is 1. The number of nitrogens with zero attached hydrogens (tertiary/aromatic N) is 2. The van der Waals surface area contributed by atoms with Crippen molar-refractivity contribution >= 4 is 22.6 Å². The summed E-state index contributed by atoms with van der Waals surface area (Å²) in [6.45, 7) is 0. The summed E-state index contributed by atoms with van der Waals surface area (Å²) in [5.74, 6) is 1.87. The van der Waals surface area contributed by atoms with Crippen LogP contribution in [0.25, 0.3) is 22.4 Å². The number of imidazole rings is 1. The van der Waals surface area contributed by atoms with Crippen LogP contribution in [0.5, 0.6) is 11.5 Å². The Kier molecular flexibility index (Phi) is 5.11. The molecule has 0 radical (unpaired) electrons. The van der Waals surface area contributed by atoms with Crippen LogP contribution in [0.1, 0.15) is 5.56 Å². The van der Waals surface area contributed by atoms with Gasteiger partial charge in [-0.25, -0.2) is 4.98 Å². The van der Waals surface area contributed by atoms with Gasteiger partial charge in [0.15, 0.2) is 11.5 Å². The number of carbonyl (C=O) groups excluding carboxylic acids is 1. The van der Waals surface area contributed by atoms with Crippen molar-refractivity contribution in [1.29, 1.82) is 0 Å². The lowest BCUT2D eigenvalue weighted by Gasteiger charge is -2.10. The quantitative estimate of drug-likeness (QED) is 0.524. The van der Waals surface area contributed by atoms with Crippen LogP contribution in [0.2, 0.25) is 0 Å². The van der Waals surface area contributed by atoms with Crippen LogP contribution in [0.15, 0.2) is 60.9 Å². The first-order valence-corrected chi connectivity index (χ1v) is 9.07. The molecule has 1 amide bonds. The number of H-pyrrole nitrogens is 1. The summed E-state index contributed by atoms with van der Waals surface area (Å²) in [6, 6.07) is 14.8. The second kappa shape index (κ2) is 8.02. The highest BCUT2D eigenvalue weighted by molar-refractivity contribution is 5.94. The van der Waals surface area contributed by atoms with E-state index in [1.54, 1.807) is 38.7 Å². The van der Waals surface area contributed by atoms with Crippen molar-refractivity contribution in [2.24, 2.45) is 0 Å². The third-order valence-electron chi connectivity index (χ3n) is 4.53. The van der Waals surface area contributed by atoms with Gasteiger partial charge in [0.1, 0.15) is 5.82 Å². The summed E-state index contributed by atoms with van der Waals surface area (Å²) >= 11 is 0. The first-order valence-electron chi connectivity index (χ1n) is 9.07. The number of aromatic amines is 1. The second-order valence-corrected chi connectivity index (χ2v) is 6.47. The molecule has 4 rings (SSSR count). The van der Waals surface area contributed by atoms with Crippen LogP contribution in [-0.2, 0) is 11.2 Å². The fourth-order valence-corrected chi connectivity index (χ4v) is 3.12. The summed E-state index contributed by atoms with van der Waals surface area (Å²) in [4.78, 5) is 24.4. The van der Waals surface area contributed by atoms with Gasteiger partial charge in [0.05, 0.1) is 31.7 Å². The summed E-state index contributed by atoms with van der Waals surface area (Å²) in [6.07, 6.45) is 3.67. The molecule has 0 aliphatic carbocycles. The minimum absolute atomic E-state index is 0.120. The van der Waals surface area contributed by atoms with Crippen molar-refractivity contribution in [2.45, 2.75) is 6.42 Å². The van der Waals surface area contributed by atoms with Gasteiger partial charge in [-0.05, 0) is 48.0 Å². The van der Waals surface area contributed by atoms with Gasteiger partial charge >= 0.3 is 0 Å². The lowest BCUT2D eigenvalue weighted by molar-refractivity contribution is -0.115. The number of aromatic nitrogens is 3. The van der Waals surface area contributed by atoms with E-state index >= 15 is 0 Å². The number of methoxy groups -OCH3 is 2. The Morgan fingerprint density at radius 3 is 2.55 bits per heavy atom. The molecule has 0 aliphatic heterocycles. The number of benzene rings is 2. The number of fused-ring (bicyclic) bond motifs is 1. The number of carbonyl (C=O) groups is 1. The summed E-state index contributed by atoms with van der Waals surface area (Å²) in [7, 11) is 3.15. The largest absolute Gasteiger partial charge is 0.493 e. The predicted molar refractivity (Wildman–Crippen MR) is 111 cm³/mol. The van der Waals surface area contributed by atoms with Crippen molar-refractivity contribution in [3.8, 4) is 22.9 Å². The molecule has 2 heterocycles. The van der Waals surface area contributed by atoms with Crippen molar-refractivity contribution in [2.75, 3.05) is 19.5 Å². The van der Waals surface area contributed by atoms with E-state index in [1.165, 1.54) is 0 Å². The van der Waals surface area contributed by atoms with Crippen molar-refractivity contribution in [1.82, 2.24) is 15.0 Å². The lowest BCUT2D eigenvalue weighted by Crippen LogP contribution is -2.14. The SMILES string of the molecule is COc1ccc(CC(=O)Nc2ccc3nc(-c4ccncc4)[nH]c3c2)cc1OC. The maximum absolute atomic E-state index is 12.5. The molecule has 0 spiro atoms. The van der Waals surface area contributed by atoms with E-state index in [9.17, 15) is 4.79 Å². The summed E-state index contributed by atoms with van der Waals surface area (Å²) < 4.78 is 10.5. The minimum atomic E-state index is -0.120. The molecule has 0 atom stereocenters. The van der Waals surface area contributed by atoms with E-state index in [2.05, 4.69) is 20.3 Å². The first-order chi connectivity index (χ1) is 14.2. The van der Waals surface area contributed by atoms with Gasteiger partial charge in [0, 0.05) is 23.6 Å². The Hall–Kier alpha value is -3.87. The van der Waals surface area contributed by atoms with Crippen molar-refractivity contribution < 1.29 is 14.3 Å². The summed E-state index contributed by atoms with van der Waals surface area (Å²) in [5.41, 5.74) is 4.17. The van der Waals surface area contributed by atoms with Crippen LogP contribution < -0.4 is 14.8 Å². The smallest absolute Gasteiger partial charge is 0.228 e. The number of amides is 1. The monoisotopic (exact) mass is 388 g/mol. The fourth-order valence-electron chi connectivity index (χ4n) is 3.12. The Bertz CT molecular complexity index is 1160. The first kappa shape index (κ1) is 18.5. The molecule has 7 heteroatoms. The molecule has 4 aromatic rings. The normalized spacial score (nSPS) is 10.7. The van der Waals surface area contributed by atoms with Crippen LogP contribution in [-0.4, -0.2) is 35.1 Å². The Morgan fingerprint density at radius 2 is 1.79 bits per heavy atom. The molecular weight excluding hydrogens is 368 g/mol. The van der Waals surface area contributed by atoms with Gasteiger partial charge in [-0.2, -0.15) is 0 Å².